The van der Waals surface area contributed by atoms with Crippen LogP contribution in [0.15, 0.2) is 11.4 Å². The number of carbonyl (C=O) groups is 1. The van der Waals surface area contributed by atoms with Gasteiger partial charge in [0, 0.05) is 24.5 Å². The van der Waals surface area contributed by atoms with Crippen molar-refractivity contribution in [3.05, 3.63) is 33.3 Å². The van der Waals surface area contributed by atoms with Gasteiger partial charge in [0.05, 0.1) is 23.6 Å². The Bertz CT molecular complexity index is 774. The van der Waals surface area contributed by atoms with Gasteiger partial charge < -0.3 is 5.32 Å². The first kappa shape index (κ1) is 15.8. The average molecular weight is 344 g/mol. The number of nitrogens with one attached hydrogen (secondary N) is 1. The molecule has 6 heteroatoms. The number of aryl methyl sites for hydroxylation is 2. The molecule has 0 spiro atoms. The summed E-state index contributed by atoms with van der Waals surface area (Å²) in [5, 5.41) is 9.66. The van der Waals surface area contributed by atoms with Crippen LogP contribution in [0.4, 0.5) is 5.69 Å². The van der Waals surface area contributed by atoms with Crippen molar-refractivity contribution >= 4 is 22.9 Å². The lowest BCUT2D eigenvalue weighted by atomic mass is 9.96. The summed E-state index contributed by atoms with van der Waals surface area (Å²) < 4.78 is 1.82. The van der Waals surface area contributed by atoms with Crippen molar-refractivity contribution in [2.24, 2.45) is 13.0 Å². The molecule has 1 fully saturated rings. The van der Waals surface area contributed by atoms with E-state index in [1.54, 1.807) is 0 Å². The molecular formula is C18H24N4OS. The normalized spacial score (nSPS) is 20.9. The van der Waals surface area contributed by atoms with E-state index in [2.05, 4.69) is 26.8 Å². The summed E-state index contributed by atoms with van der Waals surface area (Å²) >= 11 is 1.87. The number of thiophene rings is 1. The zero-order chi connectivity index (χ0) is 16.8. The molecule has 1 atom stereocenters. The molecule has 4 rings (SSSR count). The van der Waals surface area contributed by atoms with E-state index in [9.17, 15) is 4.79 Å². The van der Waals surface area contributed by atoms with E-state index in [0.717, 1.165) is 36.0 Å². The summed E-state index contributed by atoms with van der Waals surface area (Å²) in [6, 6.07) is 2.70. The van der Waals surface area contributed by atoms with Crippen molar-refractivity contribution in [2.45, 2.75) is 39.2 Å². The molecule has 0 saturated heterocycles. The van der Waals surface area contributed by atoms with Gasteiger partial charge in [0.25, 0.3) is 0 Å². The van der Waals surface area contributed by atoms with E-state index in [4.69, 9.17) is 0 Å². The molecule has 1 amide bonds. The zero-order valence-corrected chi connectivity index (χ0v) is 15.3. The summed E-state index contributed by atoms with van der Waals surface area (Å²) in [7, 11) is 1.91. The number of rotatable bonds is 4. The molecule has 128 valence electrons. The van der Waals surface area contributed by atoms with Crippen LogP contribution in [0.5, 0.6) is 0 Å². The van der Waals surface area contributed by atoms with Crippen LogP contribution in [0.25, 0.3) is 0 Å². The molecule has 2 aromatic rings. The second-order valence-corrected chi connectivity index (χ2v) is 8.02. The number of fused-ring (bicyclic) bond motifs is 1. The lowest BCUT2D eigenvalue weighted by Gasteiger charge is -2.35. The quantitative estimate of drug-likeness (QED) is 0.927. The van der Waals surface area contributed by atoms with Crippen molar-refractivity contribution in [2.75, 3.05) is 18.4 Å². The third-order valence-electron chi connectivity index (χ3n) is 5.31. The van der Waals surface area contributed by atoms with E-state index >= 15 is 0 Å². The van der Waals surface area contributed by atoms with Gasteiger partial charge in [-0.2, -0.15) is 5.10 Å². The number of anilines is 1. The number of nitrogens with zero attached hydrogens (tertiary/aromatic N) is 3. The molecule has 0 radical (unpaired) electrons. The topological polar surface area (TPSA) is 50.2 Å². The van der Waals surface area contributed by atoms with Gasteiger partial charge >= 0.3 is 0 Å². The molecule has 1 N–H and O–H groups in total. The largest absolute Gasteiger partial charge is 0.322 e. The Kier molecular flexibility index (Phi) is 3.96. The van der Waals surface area contributed by atoms with Crippen LogP contribution in [0, 0.1) is 19.8 Å². The summed E-state index contributed by atoms with van der Waals surface area (Å²) in [4.78, 5) is 16.5. The van der Waals surface area contributed by atoms with E-state index in [1.165, 1.54) is 23.3 Å². The number of hydrogen-bond acceptors (Lipinski definition) is 4. The van der Waals surface area contributed by atoms with Gasteiger partial charge in [0.1, 0.15) is 0 Å². The maximum absolute atomic E-state index is 12.6. The molecule has 0 bridgehead atoms. The Labute approximate surface area is 146 Å². The fraction of sp³-hybridized carbons (Fsp3) is 0.556. The predicted molar refractivity (Wildman–Crippen MR) is 96.4 cm³/mol. The van der Waals surface area contributed by atoms with E-state index in [0.29, 0.717) is 12.6 Å². The second kappa shape index (κ2) is 6.01. The molecule has 2 aromatic heterocycles. The van der Waals surface area contributed by atoms with Crippen LogP contribution in [0.2, 0.25) is 0 Å². The fourth-order valence-corrected chi connectivity index (χ4v) is 4.77. The first-order valence-corrected chi connectivity index (χ1v) is 9.53. The first-order chi connectivity index (χ1) is 11.5. The summed E-state index contributed by atoms with van der Waals surface area (Å²) in [5.74, 6) is 0.798. The predicted octanol–water partition coefficient (Wildman–Crippen LogP) is 3.05. The zero-order valence-electron chi connectivity index (χ0n) is 14.5. The lowest BCUT2D eigenvalue weighted by Crippen LogP contribution is -2.41. The van der Waals surface area contributed by atoms with Crippen molar-refractivity contribution in [1.82, 2.24) is 14.7 Å². The fourth-order valence-electron chi connectivity index (χ4n) is 3.86. The molecule has 5 nitrogen and oxygen atoms in total. The smallest absolute Gasteiger partial charge is 0.238 e. The van der Waals surface area contributed by atoms with Gasteiger partial charge in [-0.25, -0.2) is 0 Å². The van der Waals surface area contributed by atoms with Gasteiger partial charge in [-0.05, 0) is 56.0 Å². The standard InChI is InChI=1S/C18H24N4OS/c1-11-17(12(2)21(3)20-11)19-16(23)10-22-8-6-15-14(7-9-24-15)18(22)13-4-5-13/h7,9,13,18H,4-6,8,10H2,1-3H3,(H,19,23)/t18-/m1/s1. The third-order valence-corrected chi connectivity index (χ3v) is 6.30. The van der Waals surface area contributed by atoms with Crippen LogP contribution in [0.3, 0.4) is 0 Å². The van der Waals surface area contributed by atoms with Gasteiger partial charge in [-0.1, -0.05) is 0 Å². The highest BCUT2D eigenvalue weighted by Gasteiger charge is 2.40. The Morgan fingerprint density at radius 2 is 2.21 bits per heavy atom. The van der Waals surface area contributed by atoms with Gasteiger partial charge in [0.2, 0.25) is 5.91 Å². The maximum atomic E-state index is 12.6. The van der Waals surface area contributed by atoms with Gasteiger partial charge in [0.15, 0.2) is 0 Å². The Morgan fingerprint density at radius 1 is 1.42 bits per heavy atom. The molecule has 1 saturated carbocycles. The minimum Gasteiger partial charge on any atom is -0.322 e. The summed E-state index contributed by atoms with van der Waals surface area (Å²) in [6.07, 6.45) is 3.65. The third kappa shape index (κ3) is 2.78. The second-order valence-electron chi connectivity index (χ2n) is 7.02. The number of hydrogen-bond donors (Lipinski definition) is 1. The number of carbonyl (C=O) groups excluding carboxylic acids is 1. The molecular weight excluding hydrogens is 320 g/mol. The molecule has 3 heterocycles. The van der Waals surface area contributed by atoms with Crippen molar-refractivity contribution in [3.8, 4) is 0 Å². The van der Waals surface area contributed by atoms with Crippen LogP contribution in [0.1, 0.15) is 40.7 Å². The van der Waals surface area contributed by atoms with Gasteiger partial charge in [-0.3, -0.25) is 14.4 Å². The highest BCUT2D eigenvalue weighted by atomic mass is 32.1. The highest BCUT2D eigenvalue weighted by Crippen LogP contribution is 2.48. The van der Waals surface area contributed by atoms with Crippen LogP contribution in [-0.4, -0.2) is 33.7 Å². The average Bonchev–Trinajstić information content (AvgIpc) is 3.22. The van der Waals surface area contributed by atoms with Crippen molar-refractivity contribution in [1.29, 1.82) is 0 Å². The maximum Gasteiger partial charge on any atom is 0.238 e. The molecule has 2 aliphatic rings. The molecule has 1 aliphatic carbocycles. The van der Waals surface area contributed by atoms with E-state index in [-0.39, 0.29) is 5.91 Å². The number of amides is 1. The molecule has 0 unspecified atom stereocenters. The van der Waals surface area contributed by atoms with Gasteiger partial charge in [-0.15, -0.1) is 11.3 Å². The van der Waals surface area contributed by atoms with E-state index in [1.807, 2.05) is 36.9 Å². The monoisotopic (exact) mass is 344 g/mol. The summed E-state index contributed by atoms with van der Waals surface area (Å²) in [6.45, 7) is 5.37. The van der Waals surface area contributed by atoms with Crippen molar-refractivity contribution in [3.63, 3.8) is 0 Å². The summed E-state index contributed by atoms with van der Waals surface area (Å²) in [5.41, 5.74) is 4.20. The lowest BCUT2D eigenvalue weighted by molar-refractivity contribution is -0.118. The Hall–Kier alpha value is -1.66. The van der Waals surface area contributed by atoms with E-state index < -0.39 is 0 Å². The van der Waals surface area contributed by atoms with Crippen molar-refractivity contribution < 1.29 is 4.79 Å². The SMILES string of the molecule is Cc1nn(C)c(C)c1NC(=O)CN1CCc2sccc2[C@H]1C1CC1. The molecule has 0 aromatic carbocycles. The Balaban J connectivity index is 1.49. The molecule has 24 heavy (non-hydrogen) atoms. The first-order valence-electron chi connectivity index (χ1n) is 8.65. The van der Waals surface area contributed by atoms with Crippen LogP contribution >= 0.6 is 11.3 Å². The van der Waals surface area contributed by atoms with Crippen LogP contribution < -0.4 is 5.32 Å². The minimum absolute atomic E-state index is 0.0681. The number of aromatic nitrogens is 2. The molecule has 1 aliphatic heterocycles. The van der Waals surface area contributed by atoms with Crippen LogP contribution in [-0.2, 0) is 18.3 Å². The minimum atomic E-state index is 0.0681. The Morgan fingerprint density at radius 3 is 2.88 bits per heavy atom. The highest BCUT2D eigenvalue weighted by molar-refractivity contribution is 7.10.